The molecule has 19 heavy (non-hydrogen) atoms. The Labute approximate surface area is 119 Å². The van der Waals surface area contributed by atoms with E-state index in [9.17, 15) is 0 Å². The van der Waals surface area contributed by atoms with E-state index >= 15 is 0 Å². The van der Waals surface area contributed by atoms with E-state index in [0.717, 1.165) is 36.2 Å². The Kier molecular flexibility index (Phi) is 3.74. The van der Waals surface area contributed by atoms with Gasteiger partial charge in [-0.1, -0.05) is 0 Å². The summed E-state index contributed by atoms with van der Waals surface area (Å²) in [4.78, 5) is 8.31. The summed E-state index contributed by atoms with van der Waals surface area (Å²) >= 11 is 3.30. The van der Waals surface area contributed by atoms with Crippen molar-refractivity contribution in [3.63, 3.8) is 0 Å². The molecule has 0 aliphatic carbocycles. The minimum Gasteiger partial charge on any atom is -0.376 e. The number of hydrogen-bond acceptors (Lipinski definition) is 5. The molecule has 0 amide bonds. The number of aromatic nitrogens is 4. The minimum absolute atomic E-state index is 0.289. The lowest BCUT2D eigenvalue weighted by Crippen LogP contribution is -2.15. The van der Waals surface area contributed by atoms with Crippen molar-refractivity contribution < 1.29 is 4.74 Å². The van der Waals surface area contributed by atoms with Crippen molar-refractivity contribution >= 4 is 27.6 Å². The molecule has 0 bridgehead atoms. The quantitative estimate of drug-likeness (QED) is 0.935. The first kappa shape index (κ1) is 12.6. The van der Waals surface area contributed by atoms with Gasteiger partial charge in [0.25, 0.3) is 0 Å². The standard InChI is InChI=1S/C12H14BrN5O/c13-9-4-14-12(15-5-9)17-10-6-16-18(7-10)8-11-2-1-3-19-11/h4-7,11H,1-3,8H2,(H,14,15,17). The highest BCUT2D eigenvalue weighted by atomic mass is 79.9. The zero-order valence-electron chi connectivity index (χ0n) is 10.3. The second-order valence-corrected chi connectivity index (χ2v) is 5.35. The molecule has 3 rings (SSSR count). The predicted octanol–water partition coefficient (Wildman–Crippen LogP) is 2.36. The van der Waals surface area contributed by atoms with E-state index in [0.29, 0.717) is 5.95 Å². The highest BCUT2D eigenvalue weighted by Crippen LogP contribution is 2.16. The fourth-order valence-electron chi connectivity index (χ4n) is 2.03. The lowest BCUT2D eigenvalue weighted by molar-refractivity contribution is 0.0940. The molecule has 1 saturated heterocycles. The molecular weight excluding hydrogens is 310 g/mol. The van der Waals surface area contributed by atoms with Crippen LogP contribution in [0, 0.1) is 0 Å². The van der Waals surface area contributed by atoms with Crippen LogP contribution in [0.2, 0.25) is 0 Å². The van der Waals surface area contributed by atoms with E-state index in [1.807, 2.05) is 10.9 Å². The molecule has 1 aliphatic heterocycles. The normalized spacial score (nSPS) is 18.7. The van der Waals surface area contributed by atoms with Gasteiger partial charge in [0, 0.05) is 25.2 Å². The highest BCUT2D eigenvalue weighted by Gasteiger charge is 2.16. The fraction of sp³-hybridized carbons (Fsp3) is 0.417. The molecule has 2 aromatic rings. The summed E-state index contributed by atoms with van der Waals surface area (Å²) in [7, 11) is 0. The highest BCUT2D eigenvalue weighted by molar-refractivity contribution is 9.10. The van der Waals surface area contributed by atoms with Gasteiger partial charge in [0.2, 0.25) is 5.95 Å². The van der Waals surface area contributed by atoms with Crippen molar-refractivity contribution in [2.24, 2.45) is 0 Å². The smallest absolute Gasteiger partial charge is 0.227 e. The molecule has 0 aromatic carbocycles. The number of hydrogen-bond donors (Lipinski definition) is 1. The van der Waals surface area contributed by atoms with Crippen LogP contribution < -0.4 is 5.32 Å². The van der Waals surface area contributed by atoms with E-state index in [2.05, 4.69) is 36.3 Å². The summed E-state index contributed by atoms with van der Waals surface area (Å²) < 4.78 is 8.33. The zero-order valence-corrected chi connectivity index (χ0v) is 11.9. The molecule has 7 heteroatoms. The minimum atomic E-state index is 0.289. The number of rotatable bonds is 4. The van der Waals surface area contributed by atoms with Crippen molar-refractivity contribution in [2.45, 2.75) is 25.5 Å². The lowest BCUT2D eigenvalue weighted by Gasteiger charge is -2.08. The van der Waals surface area contributed by atoms with Crippen LogP contribution in [-0.2, 0) is 11.3 Å². The van der Waals surface area contributed by atoms with Gasteiger partial charge in [-0.15, -0.1) is 0 Å². The van der Waals surface area contributed by atoms with Crippen LogP contribution in [0.1, 0.15) is 12.8 Å². The third kappa shape index (κ3) is 3.30. The van der Waals surface area contributed by atoms with E-state index in [1.165, 1.54) is 0 Å². The first-order chi connectivity index (χ1) is 9.29. The van der Waals surface area contributed by atoms with Gasteiger partial charge in [0.15, 0.2) is 0 Å². The summed E-state index contributed by atoms with van der Waals surface area (Å²) in [5.74, 6) is 0.555. The van der Waals surface area contributed by atoms with Crippen molar-refractivity contribution in [2.75, 3.05) is 11.9 Å². The molecule has 3 heterocycles. The van der Waals surface area contributed by atoms with Crippen LogP contribution in [0.25, 0.3) is 0 Å². The van der Waals surface area contributed by atoms with Crippen LogP contribution in [0.5, 0.6) is 0 Å². The van der Waals surface area contributed by atoms with Gasteiger partial charge in [0.1, 0.15) is 0 Å². The molecular formula is C12H14BrN5O. The Hall–Kier alpha value is -1.47. The number of anilines is 2. The Balaban J connectivity index is 1.62. The van der Waals surface area contributed by atoms with Gasteiger partial charge in [-0.3, -0.25) is 4.68 Å². The van der Waals surface area contributed by atoms with E-state index in [-0.39, 0.29) is 6.10 Å². The van der Waals surface area contributed by atoms with Gasteiger partial charge >= 0.3 is 0 Å². The molecule has 1 fully saturated rings. The zero-order chi connectivity index (χ0) is 13.1. The average molecular weight is 324 g/mol. The summed E-state index contributed by atoms with van der Waals surface area (Å²) in [6.45, 7) is 1.66. The molecule has 0 radical (unpaired) electrons. The summed E-state index contributed by atoms with van der Waals surface area (Å²) in [5.41, 5.74) is 0.875. The molecule has 1 atom stereocenters. The second-order valence-electron chi connectivity index (χ2n) is 4.44. The largest absolute Gasteiger partial charge is 0.376 e. The van der Waals surface area contributed by atoms with Crippen molar-refractivity contribution in [3.8, 4) is 0 Å². The Morgan fingerprint density at radius 3 is 2.95 bits per heavy atom. The average Bonchev–Trinajstić information content (AvgIpc) is 3.05. The molecule has 1 unspecified atom stereocenters. The third-order valence-electron chi connectivity index (χ3n) is 2.92. The maximum absolute atomic E-state index is 5.59. The van der Waals surface area contributed by atoms with Crippen molar-refractivity contribution in [1.29, 1.82) is 0 Å². The second kappa shape index (κ2) is 5.66. The number of ether oxygens (including phenoxy) is 1. The van der Waals surface area contributed by atoms with E-state index in [4.69, 9.17) is 4.74 Å². The molecule has 1 aliphatic rings. The maximum atomic E-state index is 5.59. The van der Waals surface area contributed by atoms with Crippen molar-refractivity contribution in [1.82, 2.24) is 19.7 Å². The molecule has 100 valence electrons. The van der Waals surface area contributed by atoms with Crippen LogP contribution in [0.15, 0.2) is 29.3 Å². The first-order valence-electron chi connectivity index (χ1n) is 6.18. The van der Waals surface area contributed by atoms with Crippen LogP contribution >= 0.6 is 15.9 Å². The first-order valence-corrected chi connectivity index (χ1v) is 6.97. The van der Waals surface area contributed by atoms with Gasteiger partial charge < -0.3 is 10.1 Å². The Morgan fingerprint density at radius 2 is 2.21 bits per heavy atom. The summed E-state index contributed by atoms with van der Waals surface area (Å²) in [6, 6.07) is 0. The van der Waals surface area contributed by atoms with Gasteiger partial charge in [-0.05, 0) is 28.8 Å². The number of halogens is 1. The maximum Gasteiger partial charge on any atom is 0.227 e. The molecule has 1 N–H and O–H groups in total. The van der Waals surface area contributed by atoms with E-state index in [1.54, 1.807) is 18.6 Å². The SMILES string of the molecule is Brc1cnc(Nc2cnn(CC3CCCO3)c2)nc1. The van der Waals surface area contributed by atoms with E-state index < -0.39 is 0 Å². The van der Waals surface area contributed by atoms with Crippen LogP contribution in [0.4, 0.5) is 11.6 Å². The topological polar surface area (TPSA) is 64.9 Å². The molecule has 6 nitrogen and oxygen atoms in total. The molecule has 0 saturated carbocycles. The molecule has 2 aromatic heterocycles. The Bertz CT molecular complexity index is 535. The van der Waals surface area contributed by atoms with Crippen molar-refractivity contribution in [3.05, 3.63) is 29.3 Å². The number of nitrogens with zero attached hydrogens (tertiary/aromatic N) is 4. The van der Waals surface area contributed by atoms with Gasteiger partial charge in [-0.2, -0.15) is 5.10 Å². The predicted molar refractivity (Wildman–Crippen MR) is 74.2 cm³/mol. The third-order valence-corrected chi connectivity index (χ3v) is 3.33. The van der Waals surface area contributed by atoms with Gasteiger partial charge in [-0.25, -0.2) is 9.97 Å². The van der Waals surface area contributed by atoms with Crippen LogP contribution in [0.3, 0.4) is 0 Å². The number of nitrogens with one attached hydrogen (secondary N) is 1. The van der Waals surface area contributed by atoms with Gasteiger partial charge in [0.05, 0.1) is 29.0 Å². The lowest BCUT2D eigenvalue weighted by atomic mass is 10.2. The monoisotopic (exact) mass is 323 g/mol. The summed E-state index contributed by atoms with van der Waals surface area (Å²) in [6.07, 6.45) is 9.64. The fourth-order valence-corrected chi connectivity index (χ4v) is 2.24. The summed E-state index contributed by atoms with van der Waals surface area (Å²) in [5, 5.41) is 7.41. The van der Waals surface area contributed by atoms with Crippen LogP contribution in [-0.4, -0.2) is 32.5 Å². The Morgan fingerprint density at radius 1 is 1.37 bits per heavy atom. The molecule has 0 spiro atoms.